The van der Waals surface area contributed by atoms with E-state index in [1.54, 1.807) is 36.4 Å². The molecule has 138 valence electrons. The zero-order chi connectivity index (χ0) is 19.6. The average molecular weight is 404 g/mol. The Hall–Kier alpha value is -2.83. The van der Waals surface area contributed by atoms with Gasteiger partial charge in [0, 0.05) is 17.5 Å². The number of amides is 1. The van der Waals surface area contributed by atoms with Crippen molar-refractivity contribution in [2.45, 2.75) is 13.0 Å². The normalized spacial score (nSPS) is 11.8. The van der Waals surface area contributed by atoms with Gasteiger partial charge in [0.05, 0.1) is 11.3 Å². The molecule has 0 aliphatic carbocycles. The lowest BCUT2D eigenvalue weighted by atomic mass is 10.0. The number of hydrogen-bond acceptors (Lipinski definition) is 4. The molecule has 0 bridgehead atoms. The Morgan fingerprint density at radius 2 is 1.70 bits per heavy atom. The maximum absolute atomic E-state index is 12.0. The van der Waals surface area contributed by atoms with Crippen LogP contribution in [0.15, 0.2) is 54.6 Å². The molecular formula is C19H15Cl2N3O3. The van der Waals surface area contributed by atoms with E-state index in [1.807, 2.05) is 18.2 Å². The number of para-hydroxylation sites is 1. The van der Waals surface area contributed by atoms with Gasteiger partial charge in [-0.1, -0.05) is 53.5 Å². The van der Waals surface area contributed by atoms with Gasteiger partial charge in [0.2, 0.25) is 6.10 Å². The van der Waals surface area contributed by atoms with E-state index in [0.717, 1.165) is 0 Å². The predicted octanol–water partition coefficient (Wildman–Crippen LogP) is 3.94. The van der Waals surface area contributed by atoms with Crippen molar-refractivity contribution >= 4 is 35.1 Å². The highest BCUT2D eigenvalue weighted by atomic mass is 35.5. The summed E-state index contributed by atoms with van der Waals surface area (Å²) < 4.78 is 6.60. The zero-order valence-electron chi connectivity index (χ0n) is 14.2. The van der Waals surface area contributed by atoms with Crippen LogP contribution in [0.2, 0.25) is 10.2 Å². The second-order valence-corrected chi connectivity index (χ2v) is 6.49. The molecule has 1 unspecified atom stereocenters. The third-order valence-corrected chi connectivity index (χ3v) is 4.40. The molecule has 0 radical (unpaired) electrons. The highest BCUT2D eigenvalue weighted by Crippen LogP contribution is 2.37. The number of carbonyl (C=O) groups excluding carboxylic acids is 2. The fourth-order valence-corrected chi connectivity index (χ4v) is 3.08. The van der Waals surface area contributed by atoms with Gasteiger partial charge in [0.1, 0.15) is 10.8 Å². The number of carbonyl (C=O) groups is 2. The number of benzene rings is 2. The van der Waals surface area contributed by atoms with Crippen molar-refractivity contribution in [2.75, 3.05) is 0 Å². The van der Waals surface area contributed by atoms with Crippen LogP contribution < -0.4 is 5.73 Å². The van der Waals surface area contributed by atoms with Gasteiger partial charge in [-0.2, -0.15) is 5.10 Å². The zero-order valence-corrected chi connectivity index (χ0v) is 15.7. The molecule has 0 aliphatic rings. The van der Waals surface area contributed by atoms with Crippen molar-refractivity contribution in [3.63, 3.8) is 0 Å². The molecule has 8 heteroatoms. The standard InChI is InChI=1S/C19H15Cl2N3O3/c1-11(25)27-17(19(22)26)15-16(12-7-9-13(20)10-8-12)23-24(18(15)21)14-5-3-2-4-6-14/h2-10,17H,1H3,(H2,22,26). The van der Waals surface area contributed by atoms with Gasteiger partial charge in [-0.25, -0.2) is 4.68 Å². The van der Waals surface area contributed by atoms with E-state index < -0.39 is 18.0 Å². The molecule has 27 heavy (non-hydrogen) atoms. The molecular weight excluding hydrogens is 389 g/mol. The van der Waals surface area contributed by atoms with E-state index in [4.69, 9.17) is 33.7 Å². The van der Waals surface area contributed by atoms with Crippen LogP contribution in [0.4, 0.5) is 0 Å². The van der Waals surface area contributed by atoms with Gasteiger partial charge < -0.3 is 10.5 Å². The average Bonchev–Trinajstić information content (AvgIpc) is 2.98. The largest absolute Gasteiger partial charge is 0.447 e. The van der Waals surface area contributed by atoms with E-state index in [-0.39, 0.29) is 10.7 Å². The van der Waals surface area contributed by atoms with Crippen LogP contribution in [0.1, 0.15) is 18.6 Å². The lowest BCUT2D eigenvalue weighted by Gasteiger charge is -2.14. The first kappa shape index (κ1) is 18.9. The van der Waals surface area contributed by atoms with Gasteiger partial charge in [0.25, 0.3) is 5.91 Å². The summed E-state index contributed by atoms with van der Waals surface area (Å²) in [6.45, 7) is 1.19. The van der Waals surface area contributed by atoms with Crippen molar-refractivity contribution in [1.29, 1.82) is 0 Å². The minimum absolute atomic E-state index is 0.121. The Morgan fingerprint density at radius 1 is 1.07 bits per heavy atom. The molecule has 3 aromatic rings. The molecule has 0 fully saturated rings. The number of ether oxygens (including phenoxy) is 1. The van der Waals surface area contributed by atoms with E-state index >= 15 is 0 Å². The van der Waals surface area contributed by atoms with E-state index in [1.165, 1.54) is 11.6 Å². The summed E-state index contributed by atoms with van der Waals surface area (Å²) in [5.41, 5.74) is 7.37. The monoisotopic (exact) mass is 403 g/mol. The Bertz CT molecular complexity index is 985. The second-order valence-electron chi connectivity index (χ2n) is 5.70. The topological polar surface area (TPSA) is 87.2 Å². The SMILES string of the molecule is CC(=O)OC(C(N)=O)c1c(-c2ccc(Cl)cc2)nn(-c2ccccc2)c1Cl. The molecule has 2 aromatic carbocycles. The lowest BCUT2D eigenvalue weighted by molar-refractivity contribution is -0.153. The number of aromatic nitrogens is 2. The lowest BCUT2D eigenvalue weighted by Crippen LogP contribution is -2.26. The van der Waals surface area contributed by atoms with E-state index in [2.05, 4.69) is 5.10 Å². The number of primary amides is 1. The van der Waals surface area contributed by atoms with Crippen LogP contribution in [0.5, 0.6) is 0 Å². The van der Waals surface area contributed by atoms with Crippen LogP contribution in [-0.4, -0.2) is 21.7 Å². The molecule has 3 rings (SSSR count). The fraction of sp³-hybridized carbons (Fsp3) is 0.105. The first-order valence-corrected chi connectivity index (χ1v) is 8.70. The summed E-state index contributed by atoms with van der Waals surface area (Å²) in [4.78, 5) is 23.5. The molecule has 0 spiro atoms. The van der Waals surface area contributed by atoms with Gasteiger partial charge in [-0.15, -0.1) is 0 Å². The number of halogens is 2. The van der Waals surface area contributed by atoms with Gasteiger partial charge in [-0.3, -0.25) is 9.59 Å². The quantitative estimate of drug-likeness (QED) is 0.653. The van der Waals surface area contributed by atoms with Crippen molar-refractivity contribution in [1.82, 2.24) is 9.78 Å². The first-order valence-electron chi connectivity index (χ1n) is 7.94. The summed E-state index contributed by atoms with van der Waals surface area (Å²) in [5.74, 6) is -1.51. The Labute approximate surface area is 165 Å². The molecule has 0 saturated heterocycles. The number of nitrogens with zero attached hydrogens (tertiary/aromatic N) is 2. The summed E-state index contributed by atoms with van der Waals surface area (Å²) >= 11 is 12.5. The molecule has 6 nitrogen and oxygen atoms in total. The third kappa shape index (κ3) is 3.97. The molecule has 1 amide bonds. The molecule has 0 aliphatic heterocycles. The Balaban J connectivity index is 2.25. The summed E-state index contributed by atoms with van der Waals surface area (Å²) in [7, 11) is 0. The highest BCUT2D eigenvalue weighted by molar-refractivity contribution is 6.31. The number of hydrogen-bond donors (Lipinski definition) is 1. The second kappa shape index (κ2) is 7.82. The molecule has 1 heterocycles. The van der Waals surface area contributed by atoms with Gasteiger partial charge >= 0.3 is 5.97 Å². The third-order valence-electron chi connectivity index (χ3n) is 3.79. The van der Waals surface area contributed by atoms with Crippen molar-refractivity contribution in [3.8, 4) is 16.9 Å². The maximum Gasteiger partial charge on any atom is 0.303 e. The molecule has 2 N–H and O–H groups in total. The van der Waals surface area contributed by atoms with Crippen LogP contribution >= 0.6 is 23.2 Å². The van der Waals surface area contributed by atoms with E-state index in [0.29, 0.717) is 22.0 Å². The van der Waals surface area contributed by atoms with Gasteiger partial charge in [-0.05, 0) is 24.3 Å². The van der Waals surface area contributed by atoms with Crippen LogP contribution in [0.3, 0.4) is 0 Å². The number of nitrogens with two attached hydrogens (primary N) is 1. The minimum atomic E-state index is -1.38. The molecule has 1 atom stereocenters. The van der Waals surface area contributed by atoms with Crippen LogP contribution in [0.25, 0.3) is 16.9 Å². The smallest absolute Gasteiger partial charge is 0.303 e. The number of rotatable bonds is 5. The molecule has 1 aromatic heterocycles. The maximum atomic E-state index is 12.0. The van der Waals surface area contributed by atoms with Crippen molar-refractivity contribution < 1.29 is 14.3 Å². The number of esters is 1. The van der Waals surface area contributed by atoms with Crippen LogP contribution in [-0.2, 0) is 14.3 Å². The van der Waals surface area contributed by atoms with Crippen molar-refractivity contribution in [3.05, 3.63) is 70.3 Å². The Kier molecular flexibility index (Phi) is 5.48. The summed E-state index contributed by atoms with van der Waals surface area (Å²) in [6.07, 6.45) is -1.38. The fourth-order valence-electron chi connectivity index (χ4n) is 2.63. The Morgan fingerprint density at radius 3 is 2.26 bits per heavy atom. The van der Waals surface area contributed by atoms with E-state index in [9.17, 15) is 9.59 Å². The highest BCUT2D eigenvalue weighted by Gasteiger charge is 2.32. The first-order chi connectivity index (χ1) is 12.9. The van der Waals surface area contributed by atoms with Crippen molar-refractivity contribution in [2.24, 2.45) is 5.73 Å². The molecule has 0 saturated carbocycles. The van der Waals surface area contributed by atoms with Gasteiger partial charge in [0.15, 0.2) is 0 Å². The summed E-state index contributed by atoms with van der Waals surface area (Å²) in [6, 6.07) is 15.9. The van der Waals surface area contributed by atoms with Crippen LogP contribution in [0, 0.1) is 0 Å². The minimum Gasteiger partial charge on any atom is -0.447 e. The predicted molar refractivity (Wildman–Crippen MR) is 103 cm³/mol. The summed E-state index contributed by atoms with van der Waals surface area (Å²) in [5, 5.41) is 5.20.